The van der Waals surface area contributed by atoms with E-state index in [4.69, 9.17) is 47.4 Å². The van der Waals surface area contributed by atoms with Gasteiger partial charge in [-0.1, -0.05) is 55.4 Å². The Labute approximate surface area is 374 Å². The number of carbonyl (C=O) groups is 1. The van der Waals surface area contributed by atoms with Gasteiger partial charge in [0.05, 0.1) is 72.1 Å². The van der Waals surface area contributed by atoms with Gasteiger partial charge in [0.25, 0.3) is 0 Å². The van der Waals surface area contributed by atoms with Crippen molar-refractivity contribution >= 4 is 5.97 Å². The zero-order valence-electron chi connectivity index (χ0n) is 38.7. The van der Waals surface area contributed by atoms with Gasteiger partial charge in [0.15, 0.2) is 17.4 Å². The molecule has 6 saturated heterocycles. The number of aliphatic carboxylic acids is 1. The molecule has 0 bridgehead atoms. The summed E-state index contributed by atoms with van der Waals surface area (Å²) in [6.45, 7) is 21.4. The number of rotatable bonds is 11. The molecule has 0 aromatic rings. The van der Waals surface area contributed by atoms with Gasteiger partial charge in [0, 0.05) is 88.7 Å². The van der Waals surface area contributed by atoms with Crippen LogP contribution in [0.5, 0.6) is 0 Å². The molecule has 14 nitrogen and oxygen atoms in total. The van der Waals surface area contributed by atoms with Crippen molar-refractivity contribution in [1.29, 1.82) is 0 Å². The van der Waals surface area contributed by atoms with Crippen molar-refractivity contribution in [3.63, 3.8) is 0 Å². The Bertz CT molecular complexity index is 1460. The molecular formula is C44H75NaO14. The average molecular weight is 851 g/mol. The molecule has 0 aliphatic carbocycles. The van der Waals surface area contributed by atoms with Crippen LogP contribution in [0.15, 0.2) is 0 Å². The third-order valence-corrected chi connectivity index (χ3v) is 16.3. The summed E-state index contributed by atoms with van der Waals surface area (Å²) in [6.07, 6.45) is -0.310. The van der Waals surface area contributed by atoms with Crippen LogP contribution >= 0.6 is 0 Å². The van der Waals surface area contributed by atoms with Crippen molar-refractivity contribution in [3.8, 4) is 0 Å². The molecule has 0 saturated carbocycles. The summed E-state index contributed by atoms with van der Waals surface area (Å²) in [7, 11) is 6.67. The predicted octanol–water partition coefficient (Wildman–Crippen LogP) is 0.843. The van der Waals surface area contributed by atoms with Crippen LogP contribution in [0, 0.1) is 47.3 Å². The topological polar surface area (TPSA) is 173 Å². The molecule has 15 heteroatoms. The largest absolute Gasteiger partial charge is 1.00 e. The number of methoxy groups -OCH3 is 4. The van der Waals surface area contributed by atoms with E-state index < -0.39 is 76.9 Å². The van der Waals surface area contributed by atoms with Gasteiger partial charge in [-0.15, -0.1) is 0 Å². The first-order valence-corrected chi connectivity index (χ1v) is 21.8. The minimum Gasteiger partial charge on any atom is -0.550 e. The van der Waals surface area contributed by atoms with E-state index in [9.17, 15) is 20.1 Å². The van der Waals surface area contributed by atoms with E-state index in [0.29, 0.717) is 19.3 Å². The second-order valence-electron chi connectivity index (χ2n) is 19.9. The van der Waals surface area contributed by atoms with Crippen LogP contribution in [0.2, 0.25) is 0 Å². The Morgan fingerprint density at radius 3 is 1.86 bits per heavy atom. The monoisotopic (exact) mass is 851 g/mol. The molecule has 59 heavy (non-hydrogen) atoms. The molecule has 6 aliphatic heterocycles. The van der Waals surface area contributed by atoms with Gasteiger partial charge in [-0.25, -0.2) is 0 Å². The van der Waals surface area contributed by atoms with E-state index in [1.807, 2.05) is 20.8 Å². The third-order valence-electron chi connectivity index (χ3n) is 16.3. The van der Waals surface area contributed by atoms with Crippen molar-refractivity contribution in [2.45, 2.75) is 198 Å². The van der Waals surface area contributed by atoms with Crippen LogP contribution in [-0.4, -0.2) is 134 Å². The molecule has 6 aliphatic rings. The molecule has 1 spiro atoms. The Kier molecular flexibility index (Phi) is 15.3. The van der Waals surface area contributed by atoms with Gasteiger partial charge in [0.1, 0.15) is 6.10 Å². The second kappa shape index (κ2) is 18.1. The maximum atomic E-state index is 12.1. The first kappa shape index (κ1) is 50.0. The summed E-state index contributed by atoms with van der Waals surface area (Å²) in [5.41, 5.74) is -1.33. The molecule has 0 radical (unpaired) electrons. The molecule has 2 N–H and O–H groups in total. The number of hydrogen-bond acceptors (Lipinski definition) is 14. The summed E-state index contributed by atoms with van der Waals surface area (Å²) in [4.78, 5) is 12.1. The standard InChI is InChI=1S/C44H76O14.Na/c1-21-29(49-12)20-43(56-31(21)22(2)32-23(3)34(51-14)27(7)44(48,57-32)28(8)39(45)46)19-18-40(9,58-43)30-16-17-41(10,54-30)38-25(5)35(52-15)37(53-38)36-24(4)33(50-13)26(6)42(11,47)55-36;/h21-38,47-48H,16-20H2,1-15H3,(H,45,46);/q;+1/p-1/t21-,22-,23+,24+,25+,26-,27-,28-,29+,30?,31+,32-,33+,34+,35-,36+,37-,38-,40+,41+,42+,43-,44-;/m1./s1. The summed E-state index contributed by atoms with van der Waals surface area (Å²) in [5, 5.41) is 35.2. The molecule has 336 valence electrons. The number of carbonyl (C=O) groups excluding carboxylic acids is 1. The minimum absolute atomic E-state index is 0. The van der Waals surface area contributed by atoms with Gasteiger partial charge in [0.2, 0.25) is 0 Å². The third kappa shape index (κ3) is 8.53. The van der Waals surface area contributed by atoms with Crippen LogP contribution in [0.1, 0.15) is 108 Å². The van der Waals surface area contributed by atoms with Crippen LogP contribution in [0.4, 0.5) is 0 Å². The molecule has 23 atom stereocenters. The number of hydrogen-bond donors (Lipinski definition) is 2. The SMILES string of the molecule is CO[C@@H]1[C@H](C)[C@H]([C@]2(C)CCC([C@]3(C)CC[C@]4(C[C@H](OC)[C@@H](C)[C@@H]([C@@H](C)[C@H]5O[C@@](O)([C@H](C)C(=O)[O-])[C@H](C)[C@@H](OC)[C@H]5C)O4)O3)O2)O[C@H]1[C@H]1O[C@](C)(O)[C@H](C)[C@@H](OC)[C@@H]1C.[Na+]. The van der Waals surface area contributed by atoms with Crippen molar-refractivity contribution in [1.82, 2.24) is 0 Å². The number of carboxylic acid groups (broad SMARTS) is 1. The molecule has 1 unspecified atom stereocenters. The average Bonchev–Trinajstić information content (AvgIpc) is 3.85. The second-order valence-corrected chi connectivity index (χ2v) is 19.9. The van der Waals surface area contributed by atoms with Gasteiger partial charge < -0.3 is 67.5 Å². The quantitative estimate of drug-likeness (QED) is 0.280. The predicted molar refractivity (Wildman–Crippen MR) is 209 cm³/mol. The van der Waals surface area contributed by atoms with Crippen molar-refractivity contribution in [2.24, 2.45) is 47.3 Å². The summed E-state index contributed by atoms with van der Waals surface area (Å²) in [5.74, 6) is -8.58. The Balaban J connectivity index is 0.00000661. The van der Waals surface area contributed by atoms with E-state index >= 15 is 0 Å². The molecule has 6 heterocycles. The fourth-order valence-corrected chi connectivity index (χ4v) is 12.5. The Morgan fingerprint density at radius 1 is 0.695 bits per heavy atom. The Hall–Kier alpha value is -0.0100. The minimum atomic E-state index is -2.01. The molecule has 6 rings (SSSR count). The van der Waals surface area contributed by atoms with Gasteiger partial charge in [-0.05, 0) is 40.0 Å². The van der Waals surface area contributed by atoms with Crippen LogP contribution in [-0.2, 0) is 52.2 Å². The van der Waals surface area contributed by atoms with Crippen molar-refractivity contribution in [3.05, 3.63) is 0 Å². The molecule has 0 aromatic heterocycles. The van der Waals surface area contributed by atoms with Crippen molar-refractivity contribution < 1.29 is 97.0 Å². The number of aliphatic hydroxyl groups is 2. The zero-order valence-corrected chi connectivity index (χ0v) is 40.7. The first-order chi connectivity index (χ1) is 27.0. The van der Waals surface area contributed by atoms with E-state index in [1.54, 1.807) is 42.3 Å². The summed E-state index contributed by atoms with van der Waals surface area (Å²) in [6, 6.07) is 0. The van der Waals surface area contributed by atoms with Crippen molar-refractivity contribution in [2.75, 3.05) is 28.4 Å². The maximum absolute atomic E-state index is 12.1. The van der Waals surface area contributed by atoms with Crippen LogP contribution in [0.3, 0.4) is 0 Å². The normalized spacial score (nSPS) is 53.9. The van der Waals surface area contributed by atoms with E-state index in [0.717, 1.165) is 12.8 Å². The molecular weight excluding hydrogens is 775 g/mol. The van der Waals surface area contributed by atoms with Gasteiger partial charge >= 0.3 is 29.6 Å². The fraction of sp³-hybridized carbons (Fsp3) is 0.977. The molecule has 6 fully saturated rings. The summed E-state index contributed by atoms with van der Waals surface area (Å²) >= 11 is 0. The van der Waals surface area contributed by atoms with E-state index in [-0.39, 0.29) is 95.6 Å². The number of carboxylic acids is 1. The van der Waals surface area contributed by atoms with Crippen LogP contribution in [0.25, 0.3) is 0 Å². The summed E-state index contributed by atoms with van der Waals surface area (Å²) < 4.78 is 65.3. The Morgan fingerprint density at radius 2 is 1.29 bits per heavy atom. The number of ether oxygens (including phenoxy) is 10. The zero-order chi connectivity index (χ0) is 43.1. The maximum Gasteiger partial charge on any atom is 1.00 e. The van der Waals surface area contributed by atoms with E-state index in [1.165, 1.54) is 6.92 Å². The first-order valence-electron chi connectivity index (χ1n) is 21.8. The molecule has 0 amide bonds. The smallest absolute Gasteiger partial charge is 0.550 e. The molecule has 0 aromatic carbocycles. The van der Waals surface area contributed by atoms with Gasteiger partial charge in [-0.2, -0.15) is 0 Å². The van der Waals surface area contributed by atoms with Gasteiger partial charge in [-0.3, -0.25) is 0 Å². The van der Waals surface area contributed by atoms with Crippen LogP contribution < -0.4 is 34.7 Å². The van der Waals surface area contributed by atoms with E-state index in [2.05, 4.69) is 34.6 Å². The fourth-order valence-electron chi connectivity index (χ4n) is 12.5.